The van der Waals surface area contributed by atoms with Crippen LogP contribution >= 0.6 is 11.6 Å². The number of furan rings is 2. The highest BCUT2D eigenvalue weighted by molar-refractivity contribution is 7.92. The van der Waals surface area contributed by atoms with E-state index in [1.807, 2.05) is 62.6 Å². The summed E-state index contributed by atoms with van der Waals surface area (Å²) >= 11 is 5.98. The molecule has 0 radical (unpaired) electrons. The van der Waals surface area contributed by atoms with Gasteiger partial charge in [-0.15, -0.1) is 0 Å². The van der Waals surface area contributed by atoms with Crippen LogP contribution in [0.25, 0.3) is 100 Å². The summed E-state index contributed by atoms with van der Waals surface area (Å²) in [5.74, 6) is -5.04. The van der Waals surface area contributed by atoms with Crippen molar-refractivity contribution in [1.29, 1.82) is 0 Å². The highest BCUT2D eigenvalue weighted by Crippen LogP contribution is 2.46. The van der Waals surface area contributed by atoms with Gasteiger partial charge in [-0.05, 0) is 137 Å². The Morgan fingerprint density at radius 1 is 0.580 bits per heavy atom. The van der Waals surface area contributed by atoms with Crippen molar-refractivity contribution < 1.29 is 70.9 Å². The van der Waals surface area contributed by atoms with E-state index in [2.05, 4.69) is 14.9 Å². The average Bonchev–Trinajstić information content (AvgIpc) is 1.57. The zero-order valence-corrected chi connectivity index (χ0v) is 57.9. The van der Waals surface area contributed by atoms with Crippen molar-refractivity contribution in [2.75, 3.05) is 42.3 Å². The Labute approximate surface area is 576 Å². The number of hydrogen-bond acceptors (Lipinski definition) is 12. The van der Waals surface area contributed by atoms with Crippen LogP contribution in [0.4, 0.5) is 37.7 Å². The number of pyridine rings is 2. The van der Waals surface area contributed by atoms with Gasteiger partial charge in [0, 0.05) is 97.5 Å². The summed E-state index contributed by atoms with van der Waals surface area (Å²) < 4.78 is 167. The molecule has 0 unspecified atom stereocenters. The van der Waals surface area contributed by atoms with Crippen molar-refractivity contribution >= 4 is 111 Å². The van der Waals surface area contributed by atoms with Crippen molar-refractivity contribution in [1.82, 2.24) is 24.4 Å². The van der Waals surface area contributed by atoms with E-state index in [0.717, 1.165) is 79.9 Å². The standard InChI is InChI=1S/C33H25F3N4O4S.C25H28BF2NO6S.C15H10ClFN2/c1-37-33(41)30-22-14-21(25-10-7-17-11-12-40-26-6-4-5-23(35)20(26)15-28(40)31(17)38-25)27(39(2)45(3,42)43)16-29(22)44-32(30)19-9-8-18(34)13-24(19)36;1-8-20(30)22-16-12-17(26-34-24(2,3)25(4,5)35-26)19(29(6)36(7,31)32)13-21(16)33-23(22)15-10-9-14(27)11-18(15)28;16-14-5-4-9-6-7-19-12-3-1-2-11(17)10(12)8-13(19)15(9)18-14/h4-10,13-16H,11-12H2,1-3H3,(H,37,41);9-13H,8H2,1-7H3;1-5,8H,6-7H2. The number of carbonyl (C=O) groups excluding carboxylic acids is 2. The van der Waals surface area contributed by atoms with Crippen molar-refractivity contribution in [2.45, 2.75) is 78.2 Å². The van der Waals surface area contributed by atoms with E-state index < -0.39 is 67.5 Å². The van der Waals surface area contributed by atoms with Gasteiger partial charge in [0.1, 0.15) is 57.0 Å². The van der Waals surface area contributed by atoms with Crippen molar-refractivity contribution in [3.05, 3.63) is 196 Å². The summed E-state index contributed by atoms with van der Waals surface area (Å²) in [6, 6.07) is 33.2. The highest BCUT2D eigenvalue weighted by atomic mass is 35.5. The molecule has 6 aromatic carbocycles. The van der Waals surface area contributed by atoms with Gasteiger partial charge < -0.3 is 32.6 Å². The lowest BCUT2D eigenvalue weighted by atomic mass is 9.76. The first-order chi connectivity index (χ1) is 47.3. The Balaban J connectivity index is 0.000000145. The molecular formula is C73H63BClF6N7O10S2. The van der Waals surface area contributed by atoms with E-state index in [1.165, 1.54) is 63.1 Å². The summed E-state index contributed by atoms with van der Waals surface area (Å²) in [7, 11) is -4.29. The Kier molecular flexibility index (Phi) is 17.5. The summed E-state index contributed by atoms with van der Waals surface area (Å²) in [6.45, 7) is 10.6. The largest absolute Gasteiger partial charge is 0.497 e. The number of rotatable bonds is 11. The molecule has 100 heavy (non-hydrogen) atoms. The Morgan fingerprint density at radius 3 is 1.56 bits per heavy atom. The molecule has 1 saturated heterocycles. The van der Waals surface area contributed by atoms with Crippen LogP contribution in [0.5, 0.6) is 0 Å². The quantitative estimate of drug-likeness (QED) is 0.0556. The second kappa shape index (κ2) is 25.5. The third-order valence-electron chi connectivity index (χ3n) is 18.9. The molecule has 0 saturated carbocycles. The van der Waals surface area contributed by atoms with Gasteiger partial charge in [0.2, 0.25) is 20.0 Å². The molecule has 514 valence electrons. The number of nitrogens with zero attached hydrogens (tertiary/aromatic N) is 6. The van der Waals surface area contributed by atoms with Crippen LogP contribution in [-0.2, 0) is 55.3 Å². The molecule has 3 aliphatic rings. The summed E-state index contributed by atoms with van der Waals surface area (Å²) in [5, 5.41) is 4.74. The van der Waals surface area contributed by atoms with E-state index in [-0.39, 0.29) is 85.5 Å². The van der Waals surface area contributed by atoms with E-state index in [4.69, 9.17) is 34.7 Å². The fraction of sp³-hybridized carbons (Fsp3) is 0.233. The van der Waals surface area contributed by atoms with Crippen LogP contribution in [0.2, 0.25) is 5.15 Å². The molecule has 1 amide bonds. The number of anilines is 2. The van der Waals surface area contributed by atoms with Crippen molar-refractivity contribution in [3.8, 4) is 56.7 Å². The van der Waals surface area contributed by atoms with Gasteiger partial charge in [-0.2, -0.15) is 0 Å². The second-order valence-electron chi connectivity index (χ2n) is 25.6. The number of aryl methyl sites for hydroxylation is 4. The molecular weight excluding hydrogens is 1360 g/mol. The molecule has 0 bridgehead atoms. The Morgan fingerprint density at radius 2 is 1.06 bits per heavy atom. The number of benzene rings is 6. The fourth-order valence-corrected chi connectivity index (χ4v) is 14.0. The predicted molar refractivity (Wildman–Crippen MR) is 375 cm³/mol. The first-order valence-corrected chi connectivity index (χ1v) is 35.7. The summed E-state index contributed by atoms with van der Waals surface area (Å²) in [5.41, 5.74) is 7.18. The van der Waals surface area contributed by atoms with E-state index >= 15 is 0 Å². The predicted octanol–water partition coefficient (Wildman–Crippen LogP) is 15.2. The van der Waals surface area contributed by atoms with Crippen LogP contribution < -0.4 is 19.4 Å². The van der Waals surface area contributed by atoms with Crippen LogP contribution in [0.15, 0.2) is 142 Å². The van der Waals surface area contributed by atoms with Gasteiger partial charge in [-0.1, -0.05) is 42.8 Å². The molecule has 15 rings (SSSR count). The number of sulfonamides is 2. The molecule has 27 heteroatoms. The number of aromatic nitrogens is 4. The molecule has 17 nitrogen and oxygen atoms in total. The van der Waals surface area contributed by atoms with Gasteiger partial charge in [0.05, 0.1) is 96.8 Å². The number of fused-ring (bicyclic) bond motifs is 12. The highest BCUT2D eigenvalue weighted by Gasteiger charge is 2.53. The average molecular weight is 1420 g/mol. The SMILES string of the molecule is CCC(=O)c1c(-c2ccc(F)cc2F)oc2cc(N(C)S(C)(=O)=O)c(B3OC(C)(C)C(C)(C)O3)cc12.CNC(=O)c1c(-c2ccc(F)cc2F)oc2cc(N(C)S(C)(=O)=O)c(-c3ccc4c(n3)-c3cc5c(F)cccc5n3CC4)cc12.Fc1cccc2c1cc1n2CCc2ccc(Cl)nc2-1. The van der Waals surface area contributed by atoms with Gasteiger partial charge >= 0.3 is 7.12 Å². The number of ketones is 1. The number of hydrogen-bond donors (Lipinski definition) is 1. The number of amides is 1. The van der Waals surface area contributed by atoms with Gasteiger partial charge in [0.15, 0.2) is 11.5 Å². The molecule has 9 heterocycles. The smallest absolute Gasteiger partial charge is 0.455 e. The van der Waals surface area contributed by atoms with Crippen LogP contribution in [0, 0.1) is 34.9 Å². The monoisotopic (exact) mass is 1420 g/mol. The lowest BCUT2D eigenvalue weighted by Gasteiger charge is -2.32. The van der Waals surface area contributed by atoms with Gasteiger partial charge in [-0.3, -0.25) is 18.2 Å². The first-order valence-electron chi connectivity index (χ1n) is 31.6. The lowest BCUT2D eigenvalue weighted by Crippen LogP contribution is -2.41. The van der Waals surface area contributed by atoms with Gasteiger partial charge in [0.25, 0.3) is 5.91 Å². The third kappa shape index (κ3) is 12.1. The van der Waals surface area contributed by atoms with E-state index in [9.17, 15) is 52.8 Å². The summed E-state index contributed by atoms with van der Waals surface area (Å²) in [4.78, 5) is 35.6. The normalized spacial score (nSPS) is 14.4. The molecule has 6 aromatic heterocycles. The Bertz CT molecular complexity index is 5640. The maximum Gasteiger partial charge on any atom is 0.497 e. The van der Waals surface area contributed by atoms with E-state index in [0.29, 0.717) is 68.8 Å². The molecule has 3 aliphatic heterocycles. The molecule has 0 atom stereocenters. The third-order valence-corrected chi connectivity index (χ3v) is 21.5. The number of carbonyl (C=O) groups is 2. The van der Waals surface area contributed by atoms with E-state index in [1.54, 1.807) is 49.4 Å². The van der Waals surface area contributed by atoms with Crippen LogP contribution in [0.1, 0.15) is 72.9 Å². The summed E-state index contributed by atoms with van der Waals surface area (Å²) in [6.07, 6.45) is 3.75. The Hall–Kier alpha value is -9.73. The number of Topliss-reactive ketones (excluding diaryl/α,β-unsaturated/α-hetero) is 1. The maximum absolute atomic E-state index is 14.9. The van der Waals surface area contributed by atoms with Crippen LogP contribution in [0.3, 0.4) is 0 Å². The molecule has 12 aromatic rings. The topological polar surface area (TPSA) is 201 Å². The van der Waals surface area contributed by atoms with Crippen molar-refractivity contribution in [2.24, 2.45) is 0 Å². The maximum atomic E-state index is 14.9. The number of nitrogens with one attached hydrogen (secondary N) is 1. The second-order valence-corrected chi connectivity index (χ2v) is 30.0. The van der Waals surface area contributed by atoms with Crippen LogP contribution in [-0.4, -0.2) is 99.6 Å². The minimum Gasteiger partial charge on any atom is -0.455 e. The molecule has 0 aliphatic carbocycles. The zero-order valence-electron chi connectivity index (χ0n) is 55.5. The zero-order chi connectivity index (χ0) is 71.6. The molecule has 0 spiro atoms. The number of halogens is 7. The van der Waals surface area contributed by atoms with Crippen molar-refractivity contribution in [3.63, 3.8) is 0 Å². The minimum absolute atomic E-state index is 0.0126. The lowest BCUT2D eigenvalue weighted by molar-refractivity contribution is 0.00578. The molecule has 1 N–H and O–H groups in total. The fourth-order valence-electron chi connectivity index (χ4n) is 12.9. The first kappa shape index (κ1) is 68.8. The molecule has 1 fully saturated rings. The van der Waals surface area contributed by atoms with Gasteiger partial charge in [-0.25, -0.2) is 53.1 Å². The minimum atomic E-state index is -3.79.